The molecule has 6 nitrogen and oxygen atoms in total. The van der Waals surface area contributed by atoms with Gasteiger partial charge in [0.05, 0.1) is 11.0 Å². The number of ketones is 2. The highest BCUT2D eigenvalue weighted by atomic mass is 16.5. The lowest BCUT2D eigenvalue weighted by molar-refractivity contribution is -0.131. The summed E-state index contributed by atoms with van der Waals surface area (Å²) in [6.07, 6.45) is 10.5. The van der Waals surface area contributed by atoms with Crippen LogP contribution in [0.3, 0.4) is 0 Å². The number of hydrogen-bond acceptors (Lipinski definition) is 6. The molecule has 224 valence electrons. The van der Waals surface area contributed by atoms with E-state index in [1.807, 2.05) is 32.9 Å². The van der Waals surface area contributed by atoms with Crippen molar-refractivity contribution >= 4 is 11.6 Å². The van der Waals surface area contributed by atoms with Gasteiger partial charge in [0.15, 0.2) is 17.4 Å². The van der Waals surface area contributed by atoms with Crippen molar-refractivity contribution in [1.29, 1.82) is 5.26 Å². The molecule has 0 spiro atoms. The van der Waals surface area contributed by atoms with Crippen LogP contribution in [0.15, 0.2) is 27.8 Å². The van der Waals surface area contributed by atoms with Gasteiger partial charge in [-0.05, 0) is 93.0 Å². The van der Waals surface area contributed by atoms with Gasteiger partial charge in [0.1, 0.15) is 6.07 Å². The highest BCUT2D eigenvalue weighted by molar-refractivity contribution is 6.04. The highest BCUT2D eigenvalue weighted by Gasteiger charge is 2.61. The molecule has 41 heavy (non-hydrogen) atoms. The van der Waals surface area contributed by atoms with Gasteiger partial charge in [-0.3, -0.25) is 9.59 Å². The number of fused-ring (bicyclic) bond motifs is 1. The molecule has 0 N–H and O–H groups in total. The SMILES string of the molecule is CC(=O)/C=C1/[C@@]2(C)C=C(C#N)C(=O)C(C)(C)[C@@H]2CC[C@@]1(C)C(C)(C)CC[C@@]1(c2nc(C)no2)CCC(C)(C)CC1C. The predicted molar refractivity (Wildman–Crippen MR) is 161 cm³/mol. The van der Waals surface area contributed by atoms with Crippen LogP contribution in [0.25, 0.3) is 0 Å². The van der Waals surface area contributed by atoms with E-state index in [0.29, 0.717) is 11.7 Å². The Labute approximate surface area is 247 Å². The summed E-state index contributed by atoms with van der Waals surface area (Å²) in [6.45, 7) is 23.6. The van der Waals surface area contributed by atoms with Crippen molar-refractivity contribution in [2.24, 2.45) is 38.9 Å². The number of rotatable bonds is 6. The van der Waals surface area contributed by atoms with Gasteiger partial charge >= 0.3 is 0 Å². The molecular weight excluding hydrogens is 510 g/mol. The number of Topliss-reactive ketones (excluding diaryl/α,β-unsaturated/α-hetero) is 1. The summed E-state index contributed by atoms with van der Waals surface area (Å²) in [4.78, 5) is 30.9. The molecule has 0 aliphatic heterocycles. The Kier molecular flexibility index (Phi) is 7.67. The maximum Gasteiger partial charge on any atom is 0.233 e. The van der Waals surface area contributed by atoms with Crippen LogP contribution in [-0.4, -0.2) is 21.7 Å². The topological polar surface area (TPSA) is 96.8 Å². The molecule has 0 aromatic carbocycles. The highest BCUT2D eigenvalue weighted by Crippen LogP contribution is 2.67. The quantitative estimate of drug-likeness (QED) is 0.324. The van der Waals surface area contributed by atoms with Crippen LogP contribution in [-0.2, 0) is 15.0 Å². The lowest BCUT2D eigenvalue weighted by atomic mass is 9.42. The standard InChI is InChI=1S/C35H51N3O3/c1-22-19-30(4,5)14-16-35(22,29-37-24(3)38-41-29)17-15-31(6,7)34(11)13-12-26-32(8,9)28(40)25(21-36)20-33(26,10)27(34)18-23(2)39/h18,20,22,26H,12-17,19H2,1-11H3/b27-18-/t22?,26-,33-,34+,35-/m0/s1. The number of aromatic nitrogens is 2. The average Bonchev–Trinajstić information content (AvgIpc) is 3.29. The van der Waals surface area contributed by atoms with Crippen LogP contribution in [0.1, 0.15) is 126 Å². The summed E-state index contributed by atoms with van der Waals surface area (Å²) < 4.78 is 5.91. The molecular formula is C35H51N3O3. The number of allylic oxidation sites excluding steroid dienone is 4. The monoisotopic (exact) mass is 561 g/mol. The Bertz CT molecular complexity index is 1340. The van der Waals surface area contributed by atoms with E-state index in [1.54, 1.807) is 6.92 Å². The van der Waals surface area contributed by atoms with Gasteiger partial charge in [-0.2, -0.15) is 10.2 Å². The van der Waals surface area contributed by atoms with Crippen molar-refractivity contribution in [2.45, 2.75) is 127 Å². The number of nitrogens with zero attached hydrogens (tertiary/aromatic N) is 3. The largest absolute Gasteiger partial charge is 0.339 e. The summed E-state index contributed by atoms with van der Waals surface area (Å²) in [5, 5.41) is 14.1. The molecule has 6 heteroatoms. The van der Waals surface area contributed by atoms with E-state index in [4.69, 9.17) is 9.51 Å². The molecule has 4 rings (SSSR count). The summed E-state index contributed by atoms with van der Waals surface area (Å²) in [5.41, 5.74) is -0.392. The Morgan fingerprint density at radius 2 is 1.83 bits per heavy atom. The van der Waals surface area contributed by atoms with E-state index in [1.165, 1.54) is 0 Å². The van der Waals surface area contributed by atoms with E-state index in [2.05, 4.69) is 59.7 Å². The van der Waals surface area contributed by atoms with Crippen molar-refractivity contribution in [3.63, 3.8) is 0 Å². The zero-order chi connectivity index (χ0) is 30.8. The molecule has 0 bridgehead atoms. The van der Waals surface area contributed by atoms with Crippen LogP contribution in [0.2, 0.25) is 0 Å². The number of hydrogen-bond donors (Lipinski definition) is 0. The molecule has 0 amide bonds. The average molecular weight is 562 g/mol. The van der Waals surface area contributed by atoms with Crippen LogP contribution in [0.4, 0.5) is 0 Å². The van der Waals surface area contributed by atoms with Crippen LogP contribution >= 0.6 is 0 Å². The first kappa shape index (κ1) is 31.4. The fourth-order valence-electron chi connectivity index (χ4n) is 9.15. The lowest BCUT2D eigenvalue weighted by Gasteiger charge is -2.61. The smallest absolute Gasteiger partial charge is 0.233 e. The van der Waals surface area contributed by atoms with Gasteiger partial charge in [0.2, 0.25) is 5.89 Å². The third-order valence-electron chi connectivity index (χ3n) is 12.1. The van der Waals surface area contributed by atoms with Gasteiger partial charge in [0.25, 0.3) is 0 Å². The van der Waals surface area contributed by atoms with E-state index < -0.39 is 10.8 Å². The molecule has 3 aliphatic carbocycles. The van der Waals surface area contributed by atoms with Crippen LogP contribution < -0.4 is 0 Å². The predicted octanol–water partition coefficient (Wildman–Crippen LogP) is 8.27. The Morgan fingerprint density at radius 1 is 1.17 bits per heavy atom. The van der Waals surface area contributed by atoms with Crippen molar-refractivity contribution in [3.05, 3.63) is 35.0 Å². The minimum Gasteiger partial charge on any atom is -0.339 e. The van der Waals surface area contributed by atoms with Crippen molar-refractivity contribution in [2.75, 3.05) is 0 Å². The second kappa shape index (κ2) is 10.0. The first-order valence-electron chi connectivity index (χ1n) is 15.5. The second-order valence-corrected chi connectivity index (χ2v) is 16.1. The number of carbonyl (C=O) groups is 2. The number of aryl methyl sites for hydroxylation is 1. The van der Waals surface area contributed by atoms with Gasteiger partial charge in [-0.1, -0.05) is 79.1 Å². The normalized spacial score (nSPS) is 35.9. The Hall–Kier alpha value is -2.55. The minimum atomic E-state index is -0.680. The second-order valence-electron chi connectivity index (χ2n) is 16.1. The fourth-order valence-corrected chi connectivity index (χ4v) is 9.15. The molecule has 3 aliphatic rings. The summed E-state index contributed by atoms with van der Waals surface area (Å²) in [6, 6.07) is 2.19. The zero-order valence-corrected chi connectivity index (χ0v) is 27.3. The van der Waals surface area contributed by atoms with Gasteiger partial charge < -0.3 is 4.52 Å². The molecule has 0 saturated heterocycles. The van der Waals surface area contributed by atoms with E-state index in [9.17, 15) is 14.9 Å². The van der Waals surface area contributed by atoms with Gasteiger partial charge in [0, 0.05) is 10.8 Å². The molecule has 2 fully saturated rings. The Morgan fingerprint density at radius 3 is 2.37 bits per heavy atom. The lowest BCUT2D eigenvalue weighted by Crippen LogP contribution is -2.56. The first-order chi connectivity index (χ1) is 18.8. The van der Waals surface area contributed by atoms with Gasteiger partial charge in [-0.25, -0.2) is 0 Å². The van der Waals surface area contributed by atoms with Gasteiger partial charge in [-0.15, -0.1) is 0 Å². The molecule has 2 saturated carbocycles. The fraction of sp³-hybridized carbons (Fsp3) is 0.743. The third-order valence-corrected chi connectivity index (χ3v) is 12.1. The molecule has 1 aromatic rings. The Balaban J connectivity index is 1.78. The van der Waals surface area contributed by atoms with Crippen molar-refractivity contribution < 1.29 is 14.1 Å². The maximum absolute atomic E-state index is 13.3. The molecule has 5 atom stereocenters. The summed E-state index contributed by atoms with van der Waals surface area (Å²) in [5.74, 6) is 1.77. The molecule has 1 aromatic heterocycles. The summed E-state index contributed by atoms with van der Waals surface area (Å²) >= 11 is 0. The molecule has 1 heterocycles. The number of nitriles is 1. The first-order valence-corrected chi connectivity index (χ1v) is 15.5. The van der Waals surface area contributed by atoms with Crippen molar-refractivity contribution in [1.82, 2.24) is 10.1 Å². The maximum atomic E-state index is 13.3. The third kappa shape index (κ3) is 4.96. The van der Waals surface area contributed by atoms with Crippen LogP contribution in [0, 0.1) is 57.2 Å². The van der Waals surface area contributed by atoms with Crippen LogP contribution in [0.5, 0.6) is 0 Å². The van der Waals surface area contributed by atoms with E-state index in [0.717, 1.165) is 56.4 Å². The number of carbonyl (C=O) groups excluding carboxylic acids is 2. The molecule has 0 radical (unpaired) electrons. The van der Waals surface area contributed by atoms with E-state index >= 15 is 0 Å². The van der Waals surface area contributed by atoms with Crippen molar-refractivity contribution in [3.8, 4) is 6.07 Å². The minimum absolute atomic E-state index is 0.00598. The van der Waals surface area contributed by atoms with E-state index in [-0.39, 0.29) is 44.7 Å². The molecule has 1 unspecified atom stereocenters. The summed E-state index contributed by atoms with van der Waals surface area (Å²) in [7, 11) is 0. The zero-order valence-electron chi connectivity index (χ0n) is 27.3.